The van der Waals surface area contributed by atoms with E-state index in [-0.39, 0.29) is 0 Å². The third-order valence-corrected chi connectivity index (χ3v) is 24.8. The number of carboxylic acid groups (broad SMARTS) is 2. The van der Waals surface area contributed by atoms with Gasteiger partial charge < -0.3 is 275 Å². The summed E-state index contributed by atoms with van der Waals surface area (Å²) < 4.78 is 112. The zero-order valence-corrected chi connectivity index (χ0v) is 73.8. The average molecular weight is 2020 g/mol. The van der Waals surface area contributed by atoms with E-state index in [2.05, 4.69) is 26.6 Å². The van der Waals surface area contributed by atoms with E-state index in [1.165, 1.54) is 0 Å². The normalized spacial score (nSPS) is 46.2. The van der Waals surface area contributed by atoms with E-state index < -0.39 is 438 Å². The molecule has 796 valence electrons. The molecule has 0 aromatic rings. The molecule has 0 spiro atoms. The summed E-state index contributed by atoms with van der Waals surface area (Å²) in [5.41, 5.74) is 0. The maximum absolute atomic E-state index is 13.3. The van der Waals surface area contributed by atoms with Crippen molar-refractivity contribution < 1.29 is 282 Å². The van der Waals surface area contributed by atoms with Gasteiger partial charge in [0.1, 0.15) is 232 Å². The molecule has 0 radical (unpaired) electrons. The molecular formula is C76H125N5O57. The summed E-state index contributed by atoms with van der Waals surface area (Å²) in [5.74, 6) is -15.8. The van der Waals surface area contributed by atoms with E-state index in [0.717, 1.165) is 34.6 Å². The molecule has 52 atom stereocenters. The van der Waals surface area contributed by atoms with Crippen molar-refractivity contribution in [3.05, 3.63) is 0 Å². The first-order chi connectivity index (χ1) is 65.0. The highest BCUT2D eigenvalue weighted by Gasteiger charge is 2.66. The van der Waals surface area contributed by atoms with Crippen LogP contribution in [0.5, 0.6) is 0 Å². The number of aliphatic carboxylic acids is 2. The summed E-state index contributed by atoms with van der Waals surface area (Å²) in [5, 5.41) is 359. The van der Waals surface area contributed by atoms with E-state index in [4.69, 9.17) is 90.0 Å². The lowest BCUT2D eigenvalue weighted by Crippen LogP contribution is -2.71. The fraction of sp³-hybridized carbons (Fsp3) is 0.908. The first-order valence-corrected chi connectivity index (χ1v) is 43.4. The van der Waals surface area contributed by atoms with Crippen LogP contribution in [-0.2, 0) is 124 Å². The molecule has 10 aliphatic rings. The van der Waals surface area contributed by atoms with Crippen molar-refractivity contribution in [2.45, 2.75) is 365 Å². The quantitative estimate of drug-likeness (QED) is 0.0272. The van der Waals surface area contributed by atoms with Crippen LogP contribution >= 0.6 is 0 Å². The van der Waals surface area contributed by atoms with Gasteiger partial charge in [-0.15, -0.1) is 0 Å². The number of rotatable bonds is 39. The first-order valence-electron chi connectivity index (χ1n) is 43.4. The van der Waals surface area contributed by atoms with Gasteiger partial charge in [0.05, 0.1) is 90.4 Å². The van der Waals surface area contributed by atoms with Crippen molar-refractivity contribution in [3.63, 3.8) is 0 Å². The Balaban J connectivity index is 0.932. The Morgan fingerprint density at radius 2 is 0.572 bits per heavy atom. The maximum Gasteiger partial charge on any atom is 0.364 e. The predicted octanol–water partition coefficient (Wildman–Crippen LogP) is -23.7. The minimum atomic E-state index is -3.33. The van der Waals surface area contributed by atoms with Gasteiger partial charge in [0.15, 0.2) is 50.3 Å². The van der Waals surface area contributed by atoms with E-state index in [0.29, 0.717) is 0 Å². The van der Waals surface area contributed by atoms with Crippen molar-refractivity contribution in [2.75, 3.05) is 66.1 Å². The second kappa shape index (κ2) is 49.0. The van der Waals surface area contributed by atoms with Crippen LogP contribution in [0.3, 0.4) is 0 Å². The molecule has 5 amide bonds. The summed E-state index contributed by atoms with van der Waals surface area (Å²) in [6.07, 6.45) is -105. The number of aliphatic hydroxyl groups is 29. The molecule has 62 heteroatoms. The third kappa shape index (κ3) is 25.0. The minimum absolute atomic E-state index is 0.846. The third-order valence-electron chi connectivity index (χ3n) is 24.8. The topological polar surface area (TPSA) is 982 Å². The Labute approximate surface area is 779 Å². The van der Waals surface area contributed by atoms with Gasteiger partial charge in [-0.25, -0.2) is 9.59 Å². The van der Waals surface area contributed by atoms with E-state index in [9.17, 15) is 192 Å². The Morgan fingerprint density at radius 3 is 0.920 bits per heavy atom. The monoisotopic (exact) mass is 2020 g/mol. The highest BCUT2D eigenvalue weighted by Crippen LogP contribution is 2.44. The van der Waals surface area contributed by atoms with Crippen LogP contribution < -0.4 is 26.6 Å². The number of hydrogen-bond donors (Lipinski definition) is 36. The van der Waals surface area contributed by atoms with Crippen molar-refractivity contribution in [3.8, 4) is 0 Å². The van der Waals surface area contributed by atoms with Crippen LogP contribution in [0.4, 0.5) is 0 Å². The maximum atomic E-state index is 13.3. The number of nitrogens with one attached hydrogen (secondary N) is 5. The van der Waals surface area contributed by atoms with E-state index >= 15 is 0 Å². The molecular weight excluding hydrogens is 1890 g/mol. The zero-order chi connectivity index (χ0) is 102. The van der Waals surface area contributed by atoms with Crippen LogP contribution in [0, 0.1) is 0 Å². The fourth-order valence-corrected chi connectivity index (χ4v) is 17.7. The molecule has 0 aliphatic carbocycles. The second-order valence-electron chi connectivity index (χ2n) is 34.6. The summed E-state index contributed by atoms with van der Waals surface area (Å²) in [6, 6.07) is -9.64. The molecule has 138 heavy (non-hydrogen) atoms. The minimum Gasteiger partial charge on any atom is -0.477 e. The number of carbonyl (C=O) groups excluding carboxylic acids is 5. The average Bonchev–Trinajstić information content (AvgIpc) is 0.747. The molecule has 62 nitrogen and oxygen atoms in total. The van der Waals surface area contributed by atoms with Gasteiger partial charge in [0, 0.05) is 47.5 Å². The Morgan fingerprint density at radius 1 is 0.297 bits per heavy atom. The molecule has 10 rings (SSSR count). The number of ether oxygens (including phenoxy) is 19. The number of amides is 5. The van der Waals surface area contributed by atoms with Gasteiger partial charge in [-0.05, 0) is 0 Å². The predicted molar refractivity (Wildman–Crippen MR) is 422 cm³/mol. The van der Waals surface area contributed by atoms with Crippen LogP contribution in [0.25, 0.3) is 0 Å². The summed E-state index contributed by atoms with van der Waals surface area (Å²) >= 11 is 0. The second-order valence-corrected chi connectivity index (χ2v) is 34.6. The molecule has 36 N–H and O–H groups in total. The summed E-state index contributed by atoms with van der Waals surface area (Å²) in [4.78, 5) is 90.0. The van der Waals surface area contributed by atoms with Gasteiger partial charge in [-0.3, -0.25) is 24.0 Å². The highest BCUT2D eigenvalue weighted by molar-refractivity contribution is 5.78. The standard InChI is InChI=1S/C76H125N5O57/c1-18(91)77-35-23(96)6-75(73(116)117,135-58(35)40(100)25(98)8-82)137-61-44(104)29(12-86)122-69(53(61)113)130-56-32(15-89)126-66(38(48(56)108)80-21(4)94)133-63-50(110)42(102)27(10-84)124-71(63)120-17-34-46(106)60(52(112)68(128-34)129-55-31(14-88)121-65(115)37(47(55)107)79-20(3)93)132-72-64(51(111)43(103)28(11-85)125-72)134-67-39(81-22(5)95)49(109)57(33(16-90)127-67)131-70-54(114)62(45(105)30(13-87)123-70)138-76(74(118)119)7-24(97)36(78-19(2)92)59(136-76)41(101)26(99)9-83/h23-72,82-90,96-115H,6-17H2,1-5H3,(H,77,91)(H,78,92)(H,79,93)(H,80,94)(H,81,95)(H,116,117)(H,118,119)/t23-,24-,25+,26+,27+,28+,29+,30+,31+,32+,33+,34+,35+,36+,37+,38+,39+,40+,41+,42+,43+,44-,45-,46+,47+,48+,49+,50-,51-,52-,53+,54+,55+,56+,57+,58+,59+,60-,61-,62-,63-,64-,65+,66-,67-,68+,69-,70-,71+,72-,75-,76-/m0/s1. The molecule has 10 fully saturated rings. The Hall–Kier alpha value is -5.63. The van der Waals surface area contributed by atoms with Crippen LogP contribution in [0.1, 0.15) is 47.5 Å². The van der Waals surface area contributed by atoms with Gasteiger partial charge in [0.25, 0.3) is 11.6 Å². The van der Waals surface area contributed by atoms with Crippen molar-refractivity contribution in [2.24, 2.45) is 0 Å². The molecule has 0 aromatic carbocycles. The van der Waals surface area contributed by atoms with Gasteiger partial charge in [-0.1, -0.05) is 0 Å². The first kappa shape index (κ1) is 114. The number of aliphatic hydroxyl groups excluding tert-OH is 29. The van der Waals surface area contributed by atoms with Crippen molar-refractivity contribution >= 4 is 41.5 Å². The molecule has 10 heterocycles. The number of carboxylic acids is 2. The zero-order valence-electron chi connectivity index (χ0n) is 73.8. The molecule has 0 unspecified atom stereocenters. The van der Waals surface area contributed by atoms with Gasteiger partial charge >= 0.3 is 11.9 Å². The Kier molecular flexibility index (Phi) is 40.6. The van der Waals surface area contributed by atoms with Crippen molar-refractivity contribution in [1.82, 2.24) is 26.6 Å². The number of hydrogen-bond acceptors (Lipinski definition) is 55. The Bertz CT molecular complexity index is 3930. The van der Waals surface area contributed by atoms with Crippen LogP contribution in [0.2, 0.25) is 0 Å². The molecule has 0 bridgehead atoms. The van der Waals surface area contributed by atoms with Gasteiger partial charge in [-0.2, -0.15) is 0 Å². The van der Waals surface area contributed by atoms with Gasteiger partial charge in [0.2, 0.25) is 29.5 Å². The highest BCUT2D eigenvalue weighted by atomic mass is 16.8. The largest absolute Gasteiger partial charge is 0.477 e. The lowest BCUT2D eigenvalue weighted by atomic mass is 9.88. The summed E-state index contributed by atoms with van der Waals surface area (Å²) in [6.45, 7) is -7.94. The molecule has 10 saturated heterocycles. The van der Waals surface area contributed by atoms with Crippen LogP contribution in [-0.4, -0.2) is 584 Å². The summed E-state index contributed by atoms with van der Waals surface area (Å²) in [7, 11) is 0. The molecule has 0 saturated carbocycles. The molecule has 10 aliphatic heterocycles. The van der Waals surface area contributed by atoms with Crippen LogP contribution in [0.15, 0.2) is 0 Å². The lowest BCUT2D eigenvalue weighted by molar-refractivity contribution is -0.400. The van der Waals surface area contributed by atoms with E-state index in [1.54, 1.807) is 0 Å². The molecule has 0 aromatic heterocycles. The smallest absolute Gasteiger partial charge is 0.364 e. The number of carbonyl (C=O) groups is 7. The SMILES string of the molecule is CC(=O)N[C@@H]1[C@@H](O)[C@H](O[C@H]2O[C@H](CO[C@@H]3O[C@H](CO)[C@@H](O)[C@H](O)[C@@H]3O[C@@H]3O[C@H](CO)[C@@H](O[C@@H]4O[C@H](CO)[C@H](O)[C@H](O[C@]5(C(=O)O)C[C@H](O)[C@@H](NC(C)=O)[C@H]([C@H](O)[C@H](O)CO)O5)[C@H]4O)[C@H](O)[C@H]3NC(C)=O)[C@@H](O)[C@H](O[C@@H]3O[C@H](CO)[C@@H](O)[C@H](O)[C@@H]3O[C@@H]3O[C@H](CO)[C@@H](O[C@@H]4O[C@H](CO)[C@H](O)[C@H](O[C@]5(C(=O)O)C[C@H](O)[C@@H](NC(C)=O)[C@H]([C@H](O)[C@H](O)CO)O5)[C@H]4O)[C@H](O)[C@H]3NC(C)=O)[C@@H]2O)[C@@H](CO)O[C@H]1O. The van der Waals surface area contributed by atoms with Crippen molar-refractivity contribution in [1.29, 1.82) is 0 Å². The lowest BCUT2D eigenvalue weighted by Gasteiger charge is -2.51. The van der Waals surface area contributed by atoms with E-state index in [1.807, 2.05) is 0 Å². The fourth-order valence-electron chi connectivity index (χ4n) is 17.7.